The first-order chi connectivity index (χ1) is 16.8. The molecule has 0 radical (unpaired) electrons. The second-order valence-corrected chi connectivity index (χ2v) is 11.4. The maximum Gasteiger partial charge on any atom is 0.229 e. The average molecular weight is 490 g/mol. The van der Waals surface area contributed by atoms with E-state index in [0.29, 0.717) is 34.7 Å². The molecule has 0 amide bonds. The molecule has 10 heteroatoms. The van der Waals surface area contributed by atoms with Crippen molar-refractivity contribution in [2.45, 2.75) is 13.0 Å². The lowest BCUT2D eigenvalue weighted by molar-refractivity contribution is 0.313. The lowest BCUT2D eigenvalue weighted by Gasteiger charge is -2.25. The molecule has 0 aliphatic carbocycles. The molecule has 1 aromatic carbocycles. The topological polar surface area (TPSA) is 109 Å². The number of hydrogen-bond acceptors (Lipinski definition) is 9. The van der Waals surface area contributed by atoms with Gasteiger partial charge < -0.3 is 20.0 Å². The van der Waals surface area contributed by atoms with Gasteiger partial charge in [0.1, 0.15) is 17.4 Å². The maximum absolute atomic E-state index is 12.1. The quantitative estimate of drug-likeness (QED) is 0.391. The molecule has 3 aromatic heterocycles. The van der Waals surface area contributed by atoms with E-state index in [-0.39, 0.29) is 0 Å². The monoisotopic (exact) mass is 489 g/mol. The molecule has 5 rings (SSSR count). The third kappa shape index (κ3) is 5.67. The third-order valence-electron chi connectivity index (χ3n) is 5.54. The fourth-order valence-corrected chi connectivity index (χ4v) is 4.50. The van der Waals surface area contributed by atoms with E-state index < -0.39 is 9.73 Å². The van der Waals surface area contributed by atoms with Gasteiger partial charge >= 0.3 is 0 Å². The molecule has 0 saturated heterocycles. The number of likely N-dealkylation sites (N-methyl/N-ethyl adjacent to an activating group) is 1. The van der Waals surface area contributed by atoms with Crippen LogP contribution in [0.15, 0.2) is 69.8 Å². The Hall–Kier alpha value is -3.76. The minimum atomic E-state index is -2.33. The number of nitrogens with one attached hydrogen (secondary N) is 2. The van der Waals surface area contributed by atoms with Crippen LogP contribution in [0.3, 0.4) is 0 Å². The van der Waals surface area contributed by atoms with Gasteiger partial charge in [0, 0.05) is 47.2 Å². The maximum atomic E-state index is 12.1. The number of rotatable bonds is 6. The fourth-order valence-electron chi connectivity index (χ4n) is 3.94. The highest BCUT2D eigenvalue weighted by Crippen LogP contribution is 2.31. The van der Waals surface area contributed by atoms with Crippen molar-refractivity contribution in [1.29, 1.82) is 0 Å². The number of fused-ring (bicyclic) bond motifs is 1. The number of nitrogens with zero attached hydrogens (tertiary/aromatic N) is 5. The molecule has 0 spiro atoms. The third-order valence-corrected chi connectivity index (χ3v) is 6.16. The van der Waals surface area contributed by atoms with Gasteiger partial charge in [-0.25, -0.2) is 14.2 Å². The number of hydrogen-bond donors (Lipinski definition) is 2. The molecule has 35 heavy (non-hydrogen) atoms. The predicted molar refractivity (Wildman–Crippen MR) is 139 cm³/mol. The highest BCUT2D eigenvalue weighted by Gasteiger charge is 2.16. The first-order valence-electron chi connectivity index (χ1n) is 11.2. The van der Waals surface area contributed by atoms with Gasteiger partial charge in [0.25, 0.3) is 0 Å². The Balaban J connectivity index is 1.47. The Morgan fingerprint density at radius 2 is 1.94 bits per heavy atom. The number of benzene rings is 1. The second-order valence-electron chi connectivity index (χ2n) is 8.81. The molecule has 180 valence electrons. The molecular weight excluding hydrogens is 462 g/mol. The standard InChI is InChI=1S/C25H27N7O2S/c1-32-12-11-17-9-10-19(14-18(17)16-32)27-25-26-15-20(21-6-5-13-34-21)24(30-25)29-22-7-4-8-23(28-22)31-35(2,3)33/h4-10,13-15H,11-12,16H2,1-3H3,(H2,26,27,28,29,30). The van der Waals surface area contributed by atoms with E-state index in [0.717, 1.165) is 25.2 Å². The van der Waals surface area contributed by atoms with Gasteiger partial charge in [-0.15, -0.1) is 0 Å². The van der Waals surface area contributed by atoms with E-state index in [1.807, 2.05) is 12.1 Å². The molecule has 9 nitrogen and oxygen atoms in total. The van der Waals surface area contributed by atoms with Crippen LogP contribution in [-0.2, 0) is 22.7 Å². The Bertz CT molecular complexity index is 1470. The summed E-state index contributed by atoms with van der Waals surface area (Å²) in [6.45, 7) is 1.99. The van der Waals surface area contributed by atoms with Crippen molar-refractivity contribution in [1.82, 2.24) is 19.9 Å². The van der Waals surface area contributed by atoms with E-state index in [1.54, 1.807) is 43.2 Å². The van der Waals surface area contributed by atoms with Crippen LogP contribution in [0.4, 0.5) is 29.1 Å². The molecule has 0 unspecified atom stereocenters. The minimum Gasteiger partial charge on any atom is -0.464 e. The molecule has 0 fully saturated rings. The van der Waals surface area contributed by atoms with Crippen molar-refractivity contribution in [3.63, 3.8) is 0 Å². The molecule has 4 aromatic rings. The van der Waals surface area contributed by atoms with E-state index in [9.17, 15) is 4.21 Å². The van der Waals surface area contributed by atoms with Crippen LogP contribution >= 0.6 is 0 Å². The van der Waals surface area contributed by atoms with E-state index in [1.165, 1.54) is 11.1 Å². The highest BCUT2D eigenvalue weighted by atomic mass is 32.2. The molecular formula is C25H27N7O2S. The van der Waals surface area contributed by atoms with Crippen LogP contribution in [0, 0.1) is 0 Å². The molecule has 0 atom stereocenters. The molecule has 4 heterocycles. The lowest BCUT2D eigenvalue weighted by Crippen LogP contribution is -2.26. The predicted octanol–water partition coefficient (Wildman–Crippen LogP) is 4.97. The fraction of sp³-hybridized carbons (Fsp3) is 0.240. The van der Waals surface area contributed by atoms with Crippen LogP contribution in [-0.4, -0.2) is 50.2 Å². The van der Waals surface area contributed by atoms with Gasteiger partial charge in [-0.3, -0.25) is 0 Å². The second kappa shape index (κ2) is 9.47. The van der Waals surface area contributed by atoms with Gasteiger partial charge in [0.15, 0.2) is 5.82 Å². The molecule has 2 N–H and O–H groups in total. The summed E-state index contributed by atoms with van der Waals surface area (Å²) in [5.74, 6) is 2.49. The Morgan fingerprint density at radius 3 is 2.74 bits per heavy atom. The molecule has 1 aliphatic heterocycles. The number of furan rings is 1. The summed E-state index contributed by atoms with van der Waals surface area (Å²) in [4.78, 5) is 16.0. The average Bonchev–Trinajstić information content (AvgIpc) is 3.33. The summed E-state index contributed by atoms with van der Waals surface area (Å²) in [7, 11) is -0.199. The van der Waals surface area contributed by atoms with Crippen molar-refractivity contribution in [2.24, 2.45) is 4.36 Å². The zero-order chi connectivity index (χ0) is 24.4. The Morgan fingerprint density at radius 1 is 1.06 bits per heavy atom. The zero-order valence-corrected chi connectivity index (χ0v) is 20.7. The lowest BCUT2D eigenvalue weighted by atomic mass is 9.99. The molecule has 1 aliphatic rings. The van der Waals surface area contributed by atoms with Crippen LogP contribution in [0.2, 0.25) is 0 Å². The van der Waals surface area contributed by atoms with Crippen molar-refractivity contribution in [3.05, 3.63) is 72.1 Å². The smallest absolute Gasteiger partial charge is 0.229 e. The number of aromatic nitrogens is 3. The highest BCUT2D eigenvalue weighted by molar-refractivity contribution is 7.92. The largest absolute Gasteiger partial charge is 0.464 e. The van der Waals surface area contributed by atoms with E-state index in [4.69, 9.17) is 9.40 Å². The number of anilines is 4. The van der Waals surface area contributed by atoms with Crippen molar-refractivity contribution in [2.75, 3.05) is 36.7 Å². The minimum absolute atomic E-state index is 0.385. The normalized spacial score (nSPS) is 13.8. The van der Waals surface area contributed by atoms with E-state index in [2.05, 4.69) is 55.1 Å². The summed E-state index contributed by atoms with van der Waals surface area (Å²) in [5.41, 5.74) is 4.30. The first kappa shape index (κ1) is 23.0. The van der Waals surface area contributed by atoms with Crippen LogP contribution in [0.25, 0.3) is 11.3 Å². The van der Waals surface area contributed by atoms with Gasteiger partial charge in [0.2, 0.25) is 5.95 Å². The zero-order valence-electron chi connectivity index (χ0n) is 19.9. The van der Waals surface area contributed by atoms with E-state index >= 15 is 0 Å². The van der Waals surface area contributed by atoms with Crippen molar-refractivity contribution >= 4 is 38.8 Å². The van der Waals surface area contributed by atoms with Crippen LogP contribution < -0.4 is 10.6 Å². The summed E-state index contributed by atoms with van der Waals surface area (Å²) >= 11 is 0. The Kier molecular flexibility index (Phi) is 6.23. The summed E-state index contributed by atoms with van der Waals surface area (Å²) < 4.78 is 21.9. The van der Waals surface area contributed by atoms with Crippen molar-refractivity contribution in [3.8, 4) is 11.3 Å². The first-order valence-corrected chi connectivity index (χ1v) is 13.5. The van der Waals surface area contributed by atoms with Gasteiger partial charge in [-0.05, 0) is 61.0 Å². The van der Waals surface area contributed by atoms with Crippen molar-refractivity contribution < 1.29 is 8.63 Å². The van der Waals surface area contributed by atoms with Gasteiger partial charge in [-0.1, -0.05) is 12.1 Å². The summed E-state index contributed by atoms with van der Waals surface area (Å²) in [6.07, 6.45) is 7.52. The van der Waals surface area contributed by atoms with Gasteiger partial charge in [-0.2, -0.15) is 9.35 Å². The van der Waals surface area contributed by atoms with Crippen LogP contribution in [0.5, 0.6) is 0 Å². The summed E-state index contributed by atoms with van der Waals surface area (Å²) in [6, 6.07) is 15.3. The molecule has 0 bridgehead atoms. The summed E-state index contributed by atoms with van der Waals surface area (Å²) in [5, 5.41) is 6.57. The van der Waals surface area contributed by atoms with Gasteiger partial charge in [0.05, 0.1) is 11.8 Å². The SMILES string of the molecule is CN1CCc2ccc(Nc3ncc(-c4ccco4)c(Nc4cccc(N=S(C)(C)=O)n4)n3)cc2C1. The molecule has 0 saturated carbocycles. The van der Waals surface area contributed by atoms with Crippen LogP contribution in [0.1, 0.15) is 11.1 Å². The number of pyridine rings is 1. The Labute approximate surface area is 204 Å².